The molecule has 2 N–H and O–H groups in total. The van der Waals surface area contributed by atoms with E-state index < -0.39 is 5.97 Å². The van der Waals surface area contributed by atoms with Crippen molar-refractivity contribution in [1.82, 2.24) is 9.78 Å². The second-order valence-electron chi connectivity index (χ2n) is 6.24. The summed E-state index contributed by atoms with van der Waals surface area (Å²) >= 11 is 0. The fourth-order valence-electron chi connectivity index (χ4n) is 3.30. The first-order valence-corrected chi connectivity index (χ1v) is 8.23. The van der Waals surface area contributed by atoms with Crippen molar-refractivity contribution in [2.45, 2.75) is 38.1 Å². The molecule has 0 aliphatic heterocycles. The number of nitrogens with zero attached hydrogens (tertiary/aromatic N) is 2. The highest BCUT2D eigenvalue weighted by Crippen LogP contribution is 2.36. The molecule has 0 bridgehead atoms. The topological polar surface area (TPSA) is 84.2 Å². The van der Waals surface area contributed by atoms with E-state index in [0.717, 1.165) is 25.7 Å². The van der Waals surface area contributed by atoms with Crippen LogP contribution in [0.2, 0.25) is 0 Å². The number of hydrogen-bond acceptors (Lipinski definition) is 3. The van der Waals surface area contributed by atoms with Gasteiger partial charge in [-0.15, -0.1) is 0 Å². The van der Waals surface area contributed by atoms with Crippen molar-refractivity contribution in [2.24, 2.45) is 5.92 Å². The molecule has 0 atom stereocenters. The number of amides is 1. The maximum atomic E-state index is 12.4. The Balaban J connectivity index is 1.52. The minimum Gasteiger partial charge on any atom is -0.480 e. The molecule has 1 aromatic heterocycles. The lowest BCUT2D eigenvalue weighted by molar-refractivity contribution is -0.137. The van der Waals surface area contributed by atoms with E-state index >= 15 is 0 Å². The molecule has 1 fully saturated rings. The fourth-order valence-corrected chi connectivity index (χ4v) is 3.30. The largest absolute Gasteiger partial charge is 0.480 e. The average molecular weight is 327 g/mol. The lowest BCUT2D eigenvalue weighted by Gasteiger charge is -2.27. The van der Waals surface area contributed by atoms with Crippen molar-refractivity contribution in [3.05, 3.63) is 48.2 Å². The Morgan fingerprint density at radius 2 is 1.83 bits per heavy atom. The summed E-state index contributed by atoms with van der Waals surface area (Å²) in [6.07, 6.45) is 5.30. The number of carbonyl (C=O) groups excluding carboxylic acids is 1. The fraction of sp³-hybridized carbons (Fsp3) is 0.389. The molecule has 1 aromatic carbocycles. The molecule has 2 aromatic rings. The van der Waals surface area contributed by atoms with Crippen molar-refractivity contribution in [3.8, 4) is 0 Å². The molecule has 1 amide bonds. The van der Waals surface area contributed by atoms with Crippen LogP contribution in [0.4, 0.5) is 5.82 Å². The van der Waals surface area contributed by atoms with Crippen molar-refractivity contribution in [1.29, 1.82) is 0 Å². The highest BCUT2D eigenvalue weighted by Gasteiger charge is 2.27. The first-order chi connectivity index (χ1) is 11.6. The van der Waals surface area contributed by atoms with E-state index in [1.54, 1.807) is 12.3 Å². The molecule has 24 heavy (non-hydrogen) atoms. The number of carboxylic acid groups (broad SMARTS) is 1. The lowest BCUT2D eigenvalue weighted by Crippen LogP contribution is -2.27. The van der Waals surface area contributed by atoms with Crippen molar-refractivity contribution in [3.63, 3.8) is 0 Å². The molecular formula is C18H21N3O3. The quantitative estimate of drug-likeness (QED) is 0.884. The van der Waals surface area contributed by atoms with Crippen molar-refractivity contribution < 1.29 is 14.7 Å². The molecule has 126 valence electrons. The predicted molar refractivity (Wildman–Crippen MR) is 89.6 cm³/mol. The number of carboxylic acids is 1. The number of rotatable bonds is 5. The third kappa shape index (κ3) is 4.01. The second kappa shape index (κ2) is 7.29. The van der Waals surface area contributed by atoms with Crippen LogP contribution in [0.15, 0.2) is 42.6 Å². The van der Waals surface area contributed by atoms with Crippen LogP contribution < -0.4 is 5.32 Å². The van der Waals surface area contributed by atoms with Gasteiger partial charge in [0, 0.05) is 18.2 Å². The van der Waals surface area contributed by atoms with E-state index in [-0.39, 0.29) is 18.4 Å². The Morgan fingerprint density at radius 1 is 1.12 bits per heavy atom. The Bertz CT molecular complexity index is 703. The van der Waals surface area contributed by atoms with Crippen LogP contribution in [-0.2, 0) is 16.1 Å². The van der Waals surface area contributed by atoms with Gasteiger partial charge in [-0.1, -0.05) is 30.3 Å². The number of anilines is 1. The predicted octanol–water partition coefficient (Wildman–Crippen LogP) is 2.88. The molecule has 3 rings (SSSR count). The third-order valence-corrected chi connectivity index (χ3v) is 4.56. The van der Waals surface area contributed by atoms with Crippen molar-refractivity contribution >= 4 is 17.7 Å². The Kier molecular flexibility index (Phi) is 4.93. The molecule has 1 aliphatic carbocycles. The van der Waals surface area contributed by atoms with Crippen LogP contribution in [0.3, 0.4) is 0 Å². The number of benzene rings is 1. The normalized spacial score (nSPS) is 20.5. The van der Waals surface area contributed by atoms with Gasteiger partial charge in [-0.25, -0.2) is 0 Å². The Morgan fingerprint density at radius 3 is 2.50 bits per heavy atom. The van der Waals surface area contributed by atoms with E-state index in [1.165, 1.54) is 10.2 Å². The van der Waals surface area contributed by atoms with Crippen LogP contribution in [0, 0.1) is 5.92 Å². The van der Waals surface area contributed by atoms with Gasteiger partial charge >= 0.3 is 5.97 Å². The van der Waals surface area contributed by atoms with Gasteiger partial charge in [0.1, 0.15) is 6.54 Å². The van der Waals surface area contributed by atoms with Gasteiger partial charge in [0.15, 0.2) is 5.82 Å². The van der Waals surface area contributed by atoms with E-state index in [0.29, 0.717) is 11.7 Å². The summed E-state index contributed by atoms with van der Waals surface area (Å²) in [5.74, 6) is -0.0525. The minimum absolute atomic E-state index is 0.00501. The van der Waals surface area contributed by atoms with Gasteiger partial charge in [-0.05, 0) is 37.2 Å². The Labute approximate surface area is 140 Å². The maximum Gasteiger partial charge on any atom is 0.325 e. The van der Waals surface area contributed by atoms with E-state index in [4.69, 9.17) is 5.11 Å². The molecule has 6 nitrogen and oxygen atoms in total. The monoisotopic (exact) mass is 327 g/mol. The van der Waals surface area contributed by atoms with Gasteiger partial charge in [0.2, 0.25) is 5.91 Å². The molecule has 0 radical (unpaired) electrons. The zero-order valence-electron chi connectivity index (χ0n) is 13.4. The number of nitrogens with one attached hydrogen (secondary N) is 1. The molecule has 1 aliphatic rings. The average Bonchev–Trinajstić information content (AvgIpc) is 3.02. The molecule has 1 heterocycles. The molecule has 1 saturated carbocycles. The van der Waals surface area contributed by atoms with Gasteiger partial charge in [0.05, 0.1) is 0 Å². The van der Waals surface area contributed by atoms with Crippen LogP contribution in [0.25, 0.3) is 0 Å². The summed E-state index contributed by atoms with van der Waals surface area (Å²) in [4.78, 5) is 23.0. The molecule has 0 spiro atoms. The summed E-state index contributed by atoms with van der Waals surface area (Å²) in [7, 11) is 0. The van der Waals surface area contributed by atoms with E-state index in [1.807, 2.05) is 6.07 Å². The van der Waals surface area contributed by atoms with E-state index in [9.17, 15) is 9.59 Å². The third-order valence-electron chi connectivity index (χ3n) is 4.56. The SMILES string of the molecule is O=C(O)Cn1ccc(NC(=O)C2CCC(c3ccccc3)CC2)n1. The zero-order chi connectivity index (χ0) is 16.9. The van der Waals surface area contributed by atoms with Crippen LogP contribution in [0.5, 0.6) is 0 Å². The van der Waals surface area contributed by atoms with Crippen LogP contribution in [-0.4, -0.2) is 26.8 Å². The van der Waals surface area contributed by atoms with Gasteiger partial charge < -0.3 is 10.4 Å². The number of aliphatic carboxylic acids is 1. The molecule has 0 saturated heterocycles. The van der Waals surface area contributed by atoms with E-state index in [2.05, 4.69) is 34.7 Å². The summed E-state index contributed by atoms with van der Waals surface area (Å²) in [6, 6.07) is 12.1. The molecule has 6 heteroatoms. The standard InChI is InChI=1S/C18H21N3O3/c22-17(23)12-21-11-10-16(20-21)19-18(24)15-8-6-14(7-9-15)13-4-2-1-3-5-13/h1-5,10-11,14-15H,6-9,12H2,(H,22,23)(H,19,20,24). The summed E-state index contributed by atoms with van der Waals surface area (Å²) < 4.78 is 1.30. The van der Waals surface area contributed by atoms with Gasteiger partial charge in [-0.3, -0.25) is 14.3 Å². The summed E-state index contributed by atoms with van der Waals surface area (Å²) in [5, 5.41) is 15.6. The number of aromatic nitrogens is 2. The van der Waals surface area contributed by atoms with Gasteiger partial charge in [-0.2, -0.15) is 5.10 Å². The first-order valence-electron chi connectivity index (χ1n) is 8.23. The van der Waals surface area contributed by atoms with Gasteiger partial charge in [0.25, 0.3) is 0 Å². The van der Waals surface area contributed by atoms with Crippen LogP contribution >= 0.6 is 0 Å². The highest BCUT2D eigenvalue weighted by atomic mass is 16.4. The molecular weight excluding hydrogens is 306 g/mol. The first kappa shape index (κ1) is 16.2. The smallest absolute Gasteiger partial charge is 0.325 e. The Hall–Kier alpha value is -2.63. The summed E-state index contributed by atoms with van der Waals surface area (Å²) in [6.45, 7) is -0.210. The number of carbonyl (C=O) groups is 2. The van der Waals surface area contributed by atoms with Crippen molar-refractivity contribution in [2.75, 3.05) is 5.32 Å². The molecule has 0 unspecified atom stereocenters. The maximum absolute atomic E-state index is 12.4. The highest BCUT2D eigenvalue weighted by molar-refractivity contribution is 5.91. The summed E-state index contributed by atoms with van der Waals surface area (Å²) in [5.41, 5.74) is 1.35. The lowest BCUT2D eigenvalue weighted by atomic mass is 9.78. The zero-order valence-corrected chi connectivity index (χ0v) is 13.4. The number of hydrogen-bond donors (Lipinski definition) is 2. The second-order valence-corrected chi connectivity index (χ2v) is 6.24. The van der Waals surface area contributed by atoms with Crippen LogP contribution in [0.1, 0.15) is 37.2 Å². The minimum atomic E-state index is -0.963.